The van der Waals surface area contributed by atoms with Crippen LogP contribution in [0.15, 0.2) is 39.6 Å². The van der Waals surface area contributed by atoms with Gasteiger partial charge in [-0.1, -0.05) is 18.2 Å². The molecule has 0 N–H and O–H groups in total. The summed E-state index contributed by atoms with van der Waals surface area (Å²) >= 11 is 0. The second kappa shape index (κ2) is 2.90. The Morgan fingerprint density at radius 3 is 2.58 bits per heavy atom. The highest BCUT2D eigenvalue weighted by molar-refractivity contribution is 7.93. The maximum absolute atomic E-state index is 12.0. The van der Waals surface area contributed by atoms with Crippen LogP contribution in [0.1, 0.15) is 6.42 Å². The van der Waals surface area contributed by atoms with Crippen LogP contribution in [0, 0.1) is 0 Å². The predicted molar refractivity (Wildman–Crippen MR) is 49.6 cm³/mol. The summed E-state index contributed by atoms with van der Waals surface area (Å²) in [7, 11) is -2.01. The molecule has 2 nitrogen and oxygen atoms in total. The lowest BCUT2D eigenvalue weighted by Gasteiger charge is -2.01. The third-order valence-corrected chi connectivity index (χ3v) is 4.44. The molecule has 1 aromatic rings. The molecule has 0 bridgehead atoms. The van der Waals surface area contributed by atoms with Gasteiger partial charge in [0.15, 0.2) is 0 Å². The number of nitrogens with zero attached hydrogens (tertiary/aromatic N) is 1. The summed E-state index contributed by atoms with van der Waals surface area (Å²) < 4.78 is 16.2. The fraction of sp³-hybridized carbons (Fsp3) is 0.333. The Bertz CT molecular complexity index is 377. The standard InChI is InChI=1S/C9H11NOS/c11-12(8-4-7-10-12)9-5-2-1-3-6-9/h1-3,5-6H,4,7-8H2. The molecule has 0 saturated heterocycles. The van der Waals surface area contributed by atoms with Crippen LogP contribution in [0.2, 0.25) is 0 Å². The second-order valence-corrected chi connectivity index (χ2v) is 5.28. The first-order valence-electron chi connectivity index (χ1n) is 4.07. The normalized spacial score (nSPS) is 28.3. The van der Waals surface area contributed by atoms with E-state index in [4.69, 9.17) is 0 Å². The van der Waals surface area contributed by atoms with Crippen LogP contribution >= 0.6 is 0 Å². The van der Waals surface area contributed by atoms with E-state index in [1.807, 2.05) is 30.3 Å². The van der Waals surface area contributed by atoms with Crippen LogP contribution in [0.3, 0.4) is 0 Å². The summed E-state index contributed by atoms with van der Waals surface area (Å²) in [5, 5.41) is 0. The molecule has 0 saturated carbocycles. The first-order chi connectivity index (χ1) is 5.81. The van der Waals surface area contributed by atoms with E-state index in [9.17, 15) is 4.21 Å². The molecule has 1 atom stereocenters. The summed E-state index contributed by atoms with van der Waals surface area (Å²) in [5.74, 6) is 0.733. The van der Waals surface area contributed by atoms with Gasteiger partial charge in [-0.05, 0) is 18.6 Å². The molecule has 0 amide bonds. The Labute approximate surface area is 72.8 Å². The van der Waals surface area contributed by atoms with Crippen molar-refractivity contribution >= 4 is 9.73 Å². The van der Waals surface area contributed by atoms with Crippen molar-refractivity contribution in [1.29, 1.82) is 0 Å². The van der Waals surface area contributed by atoms with Gasteiger partial charge in [0, 0.05) is 17.2 Å². The fourth-order valence-corrected chi connectivity index (χ4v) is 3.40. The van der Waals surface area contributed by atoms with Crippen molar-refractivity contribution < 1.29 is 4.21 Å². The van der Waals surface area contributed by atoms with Gasteiger partial charge in [0.05, 0.1) is 9.73 Å². The summed E-state index contributed by atoms with van der Waals surface area (Å²) in [5.41, 5.74) is 0. The third-order valence-electron chi connectivity index (χ3n) is 1.99. The minimum absolute atomic E-state index is 0.733. The van der Waals surface area contributed by atoms with E-state index >= 15 is 0 Å². The summed E-state index contributed by atoms with van der Waals surface area (Å²) in [6.45, 7) is 0.758. The largest absolute Gasteiger partial charge is 0.245 e. The first kappa shape index (κ1) is 7.80. The van der Waals surface area contributed by atoms with Gasteiger partial charge in [0.1, 0.15) is 0 Å². The van der Waals surface area contributed by atoms with Gasteiger partial charge in [-0.15, -0.1) is 0 Å². The minimum atomic E-state index is -2.01. The van der Waals surface area contributed by atoms with Gasteiger partial charge >= 0.3 is 0 Å². The van der Waals surface area contributed by atoms with Crippen molar-refractivity contribution in [2.45, 2.75) is 11.3 Å². The average Bonchev–Trinajstić information content (AvgIpc) is 2.55. The Balaban J connectivity index is 2.50. The Kier molecular flexibility index (Phi) is 1.89. The molecule has 0 fully saturated rings. The molecule has 0 radical (unpaired) electrons. The Morgan fingerprint density at radius 1 is 1.25 bits per heavy atom. The van der Waals surface area contributed by atoms with E-state index < -0.39 is 9.73 Å². The zero-order valence-electron chi connectivity index (χ0n) is 6.77. The molecule has 2 rings (SSSR count). The number of hydrogen-bond donors (Lipinski definition) is 0. The van der Waals surface area contributed by atoms with E-state index in [2.05, 4.69) is 4.36 Å². The second-order valence-electron chi connectivity index (χ2n) is 2.86. The van der Waals surface area contributed by atoms with Crippen LogP contribution < -0.4 is 0 Å². The lowest BCUT2D eigenvalue weighted by atomic mass is 10.4. The number of hydrogen-bond acceptors (Lipinski definition) is 2. The molecule has 1 unspecified atom stereocenters. The van der Waals surface area contributed by atoms with Crippen LogP contribution in [0.25, 0.3) is 0 Å². The predicted octanol–water partition coefficient (Wildman–Crippen LogP) is 1.92. The van der Waals surface area contributed by atoms with Crippen molar-refractivity contribution in [3.05, 3.63) is 30.3 Å². The van der Waals surface area contributed by atoms with Gasteiger partial charge in [-0.2, -0.15) is 0 Å². The lowest BCUT2D eigenvalue weighted by Crippen LogP contribution is -2.00. The maximum Gasteiger partial charge on any atom is 0.0752 e. The summed E-state index contributed by atoms with van der Waals surface area (Å²) in [6.07, 6.45) is 0.966. The van der Waals surface area contributed by atoms with Gasteiger partial charge in [-0.3, -0.25) is 0 Å². The topological polar surface area (TPSA) is 29.4 Å². The van der Waals surface area contributed by atoms with Gasteiger partial charge in [0.25, 0.3) is 0 Å². The highest BCUT2D eigenvalue weighted by Gasteiger charge is 2.15. The van der Waals surface area contributed by atoms with E-state index in [0.717, 1.165) is 23.6 Å². The zero-order chi connectivity index (χ0) is 8.44. The van der Waals surface area contributed by atoms with E-state index in [0.29, 0.717) is 0 Å². The summed E-state index contributed by atoms with van der Waals surface area (Å²) in [6, 6.07) is 9.56. The molecule has 0 aliphatic carbocycles. The van der Waals surface area contributed by atoms with E-state index in [-0.39, 0.29) is 0 Å². The van der Waals surface area contributed by atoms with Crippen LogP contribution in [0.5, 0.6) is 0 Å². The van der Waals surface area contributed by atoms with Crippen LogP contribution in [-0.4, -0.2) is 16.5 Å². The first-order valence-corrected chi connectivity index (χ1v) is 5.75. The average molecular weight is 181 g/mol. The highest BCUT2D eigenvalue weighted by atomic mass is 32.2. The highest BCUT2D eigenvalue weighted by Crippen LogP contribution is 2.18. The molecule has 0 aromatic heterocycles. The lowest BCUT2D eigenvalue weighted by molar-refractivity contribution is 0.679. The molecular weight excluding hydrogens is 170 g/mol. The Hall–Kier alpha value is -0.830. The smallest absolute Gasteiger partial charge is 0.0752 e. The minimum Gasteiger partial charge on any atom is -0.245 e. The molecule has 0 spiro atoms. The van der Waals surface area contributed by atoms with Crippen molar-refractivity contribution in [1.82, 2.24) is 0 Å². The van der Waals surface area contributed by atoms with Crippen LogP contribution in [0.4, 0.5) is 0 Å². The van der Waals surface area contributed by atoms with Gasteiger partial charge in [0.2, 0.25) is 0 Å². The van der Waals surface area contributed by atoms with Crippen molar-refractivity contribution in [2.75, 3.05) is 12.3 Å². The number of rotatable bonds is 1. The Morgan fingerprint density at radius 2 is 2.00 bits per heavy atom. The fourth-order valence-electron chi connectivity index (χ4n) is 1.36. The van der Waals surface area contributed by atoms with Crippen molar-refractivity contribution in [3.8, 4) is 0 Å². The quantitative estimate of drug-likeness (QED) is 0.650. The monoisotopic (exact) mass is 181 g/mol. The third kappa shape index (κ3) is 1.25. The van der Waals surface area contributed by atoms with Gasteiger partial charge < -0.3 is 0 Å². The number of benzene rings is 1. The SMILES string of the molecule is O=S1(c2ccccc2)=NCCC1. The van der Waals surface area contributed by atoms with Gasteiger partial charge in [-0.25, -0.2) is 8.57 Å². The molecule has 1 aliphatic rings. The molecule has 1 heterocycles. The van der Waals surface area contributed by atoms with Crippen molar-refractivity contribution in [2.24, 2.45) is 4.36 Å². The van der Waals surface area contributed by atoms with E-state index in [1.165, 1.54) is 0 Å². The van der Waals surface area contributed by atoms with Crippen LogP contribution in [-0.2, 0) is 9.73 Å². The molecular formula is C9H11NOS. The van der Waals surface area contributed by atoms with Crippen molar-refractivity contribution in [3.63, 3.8) is 0 Å². The zero-order valence-corrected chi connectivity index (χ0v) is 7.59. The summed E-state index contributed by atoms with van der Waals surface area (Å²) in [4.78, 5) is 0.891. The molecule has 3 heteroatoms. The maximum atomic E-state index is 12.0. The molecule has 1 aromatic carbocycles. The molecule has 1 aliphatic heterocycles. The molecule has 64 valence electrons. The molecule has 12 heavy (non-hydrogen) atoms. The van der Waals surface area contributed by atoms with E-state index in [1.54, 1.807) is 0 Å².